The van der Waals surface area contributed by atoms with E-state index in [9.17, 15) is 9.59 Å². The summed E-state index contributed by atoms with van der Waals surface area (Å²) in [5, 5.41) is 3.52. The summed E-state index contributed by atoms with van der Waals surface area (Å²) >= 11 is 5.96. The van der Waals surface area contributed by atoms with Gasteiger partial charge in [-0.05, 0) is 42.9 Å². The van der Waals surface area contributed by atoms with Crippen molar-refractivity contribution >= 4 is 23.5 Å². The van der Waals surface area contributed by atoms with Crippen molar-refractivity contribution in [1.29, 1.82) is 0 Å². The normalized spacial score (nSPS) is 18.4. The Morgan fingerprint density at radius 1 is 1.15 bits per heavy atom. The quantitative estimate of drug-likeness (QED) is 0.810. The van der Waals surface area contributed by atoms with E-state index in [4.69, 9.17) is 17.3 Å². The highest BCUT2D eigenvalue weighted by Gasteiger charge is 2.20. The number of primary amides is 1. The van der Waals surface area contributed by atoms with E-state index in [1.54, 1.807) is 11.8 Å². The lowest BCUT2D eigenvalue weighted by Gasteiger charge is -2.31. The van der Waals surface area contributed by atoms with E-state index in [2.05, 4.69) is 23.5 Å². The Morgan fingerprint density at radius 2 is 1.81 bits per heavy atom. The number of amides is 3. The molecule has 0 aromatic heterocycles. The van der Waals surface area contributed by atoms with Gasteiger partial charge >= 0.3 is 6.03 Å². The summed E-state index contributed by atoms with van der Waals surface area (Å²) < 4.78 is 0. The fraction of sp³-hybridized carbons (Fsp3) is 0.619. The van der Waals surface area contributed by atoms with Gasteiger partial charge in [0.1, 0.15) is 0 Å². The van der Waals surface area contributed by atoms with Crippen molar-refractivity contribution in [2.45, 2.75) is 64.3 Å². The fourth-order valence-electron chi connectivity index (χ4n) is 3.93. The number of rotatable bonds is 3. The molecule has 2 fully saturated rings. The molecule has 0 bridgehead atoms. The summed E-state index contributed by atoms with van der Waals surface area (Å²) in [5.74, 6) is 1.000. The molecular weight excluding hydrogens is 362 g/mol. The number of urea groups is 1. The molecule has 0 radical (unpaired) electrons. The van der Waals surface area contributed by atoms with Crippen LogP contribution < -0.4 is 11.1 Å². The Bertz CT molecular complexity index is 609. The Morgan fingerprint density at radius 3 is 2.37 bits per heavy atom. The van der Waals surface area contributed by atoms with Gasteiger partial charge in [0.25, 0.3) is 0 Å². The number of nitrogens with one attached hydrogen (secondary N) is 1. The van der Waals surface area contributed by atoms with Gasteiger partial charge < -0.3 is 16.0 Å². The topological polar surface area (TPSA) is 75.4 Å². The van der Waals surface area contributed by atoms with Crippen molar-refractivity contribution in [3.8, 4) is 0 Å². The van der Waals surface area contributed by atoms with E-state index in [-0.39, 0.29) is 11.9 Å². The molecule has 0 atom stereocenters. The van der Waals surface area contributed by atoms with Crippen LogP contribution in [-0.4, -0.2) is 36.0 Å². The van der Waals surface area contributed by atoms with E-state index < -0.39 is 6.03 Å². The molecule has 27 heavy (non-hydrogen) atoms. The number of hydrogen-bond acceptors (Lipinski definition) is 2. The fourth-order valence-corrected chi connectivity index (χ4v) is 4.14. The number of carbonyl (C=O) groups excluding carboxylic acids is 2. The molecule has 3 N–H and O–H groups in total. The molecule has 3 amide bonds. The average molecular weight is 394 g/mol. The molecule has 150 valence electrons. The van der Waals surface area contributed by atoms with Crippen LogP contribution in [0.2, 0.25) is 5.02 Å². The zero-order valence-corrected chi connectivity index (χ0v) is 17.0. The molecular formula is C21H32ClN3O2. The number of benzene rings is 1. The number of likely N-dealkylation sites (tertiary alicyclic amines) is 1. The Hall–Kier alpha value is -1.75. The zero-order chi connectivity index (χ0) is 19.6. The molecule has 0 unspecified atom stereocenters. The van der Waals surface area contributed by atoms with E-state index in [1.165, 1.54) is 44.1 Å². The molecule has 1 saturated heterocycles. The maximum Gasteiger partial charge on any atom is 0.312 e. The summed E-state index contributed by atoms with van der Waals surface area (Å²) in [5.41, 5.74) is 6.39. The first-order valence-corrected chi connectivity index (χ1v) is 10.4. The first-order valence-electron chi connectivity index (χ1n) is 10.00. The standard InChI is InChI=1S/C13H17Cl.C8H15N3O2/c14-13-8-4-7-12(10-13)9-11-5-2-1-3-6-11;1-6(12)11-4-2-7(3-5-11)10-8(9)13/h4,7-8,10-11H,1-3,5-6,9H2;7H,2-5H2,1H3,(H3,9,10,13). The van der Waals surface area contributed by atoms with Crippen LogP contribution in [0.25, 0.3) is 0 Å². The van der Waals surface area contributed by atoms with E-state index in [0.717, 1.165) is 23.8 Å². The van der Waals surface area contributed by atoms with Crippen LogP contribution in [0.4, 0.5) is 4.79 Å². The number of halogens is 1. The van der Waals surface area contributed by atoms with E-state index >= 15 is 0 Å². The molecule has 1 aliphatic heterocycles. The molecule has 0 spiro atoms. The smallest absolute Gasteiger partial charge is 0.312 e. The summed E-state index contributed by atoms with van der Waals surface area (Å²) in [6, 6.07) is 7.96. The minimum Gasteiger partial charge on any atom is -0.352 e. The van der Waals surface area contributed by atoms with Gasteiger partial charge in [-0.15, -0.1) is 0 Å². The highest BCUT2D eigenvalue weighted by molar-refractivity contribution is 6.30. The van der Waals surface area contributed by atoms with E-state index in [1.807, 2.05) is 6.07 Å². The van der Waals surface area contributed by atoms with Crippen molar-refractivity contribution in [2.75, 3.05) is 13.1 Å². The minimum absolute atomic E-state index is 0.0949. The van der Waals surface area contributed by atoms with Crippen molar-refractivity contribution in [3.63, 3.8) is 0 Å². The van der Waals surface area contributed by atoms with Crippen LogP contribution in [0.3, 0.4) is 0 Å². The number of nitrogens with zero attached hydrogens (tertiary/aromatic N) is 1. The number of hydrogen-bond donors (Lipinski definition) is 2. The molecule has 3 rings (SSSR count). The summed E-state index contributed by atoms with van der Waals surface area (Å²) in [4.78, 5) is 23.2. The minimum atomic E-state index is -0.485. The molecule has 2 aliphatic rings. The first kappa shape index (κ1) is 21.5. The van der Waals surface area contributed by atoms with Gasteiger partial charge in [-0.25, -0.2) is 4.79 Å². The van der Waals surface area contributed by atoms with Crippen LogP contribution in [0.15, 0.2) is 24.3 Å². The molecule has 1 aromatic carbocycles. The highest BCUT2D eigenvalue weighted by atomic mass is 35.5. The van der Waals surface area contributed by atoms with Crippen molar-refractivity contribution in [1.82, 2.24) is 10.2 Å². The van der Waals surface area contributed by atoms with Gasteiger partial charge in [0.05, 0.1) is 0 Å². The first-order chi connectivity index (χ1) is 12.9. The summed E-state index contributed by atoms with van der Waals surface area (Å²) in [7, 11) is 0. The summed E-state index contributed by atoms with van der Waals surface area (Å²) in [6.07, 6.45) is 9.91. The van der Waals surface area contributed by atoms with Crippen molar-refractivity contribution < 1.29 is 9.59 Å². The van der Waals surface area contributed by atoms with Crippen LogP contribution in [0.5, 0.6) is 0 Å². The lowest BCUT2D eigenvalue weighted by atomic mass is 9.85. The van der Waals surface area contributed by atoms with Crippen molar-refractivity contribution in [3.05, 3.63) is 34.9 Å². The van der Waals surface area contributed by atoms with Gasteiger partial charge in [-0.3, -0.25) is 4.79 Å². The molecule has 1 saturated carbocycles. The van der Waals surface area contributed by atoms with Crippen LogP contribution in [0.1, 0.15) is 57.4 Å². The van der Waals surface area contributed by atoms with Gasteiger partial charge in [0.2, 0.25) is 5.91 Å². The Labute approximate surface area is 167 Å². The Kier molecular flexibility index (Phi) is 8.92. The SMILES string of the molecule is CC(=O)N1CCC(NC(N)=O)CC1.Clc1cccc(CC2CCCCC2)c1. The lowest BCUT2D eigenvalue weighted by Crippen LogP contribution is -2.47. The molecule has 1 heterocycles. The second kappa shape index (κ2) is 11.2. The molecule has 6 heteroatoms. The zero-order valence-electron chi connectivity index (χ0n) is 16.3. The van der Waals surface area contributed by atoms with Crippen molar-refractivity contribution in [2.24, 2.45) is 11.7 Å². The average Bonchev–Trinajstić information content (AvgIpc) is 2.63. The number of piperidine rings is 1. The van der Waals surface area contributed by atoms with Crippen LogP contribution in [-0.2, 0) is 11.2 Å². The van der Waals surface area contributed by atoms with Gasteiger partial charge in [-0.2, -0.15) is 0 Å². The third-order valence-electron chi connectivity index (χ3n) is 5.42. The predicted octanol–water partition coefficient (Wildman–Crippen LogP) is 4.13. The predicted molar refractivity (Wildman–Crippen MR) is 110 cm³/mol. The van der Waals surface area contributed by atoms with Gasteiger partial charge in [0.15, 0.2) is 0 Å². The maximum atomic E-state index is 10.9. The summed E-state index contributed by atoms with van der Waals surface area (Å²) in [6.45, 7) is 2.97. The maximum absolute atomic E-state index is 10.9. The third-order valence-corrected chi connectivity index (χ3v) is 5.66. The van der Waals surface area contributed by atoms with E-state index in [0.29, 0.717) is 13.1 Å². The Balaban J connectivity index is 0.000000194. The third kappa shape index (κ3) is 8.21. The largest absolute Gasteiger partial charge is 0.352 e. The van der Waals surface area contributed by atoms with Gasteiger partial charge in [-0.1, -0.05) is 55.8 Å². The van der Waals surface area contributed by atoms with Gasteiger partial charge in [0, 0.05) is 31.1 Å². The number of nitrogens with two attached hydrogens (primary N) is 1. The molecule has 5 nitrogen and oxygen atoms in total. The molecule has 1 aliphatic carbocycles. The lowest BCUT2D eigenvalue weighted by molar-refractivity contribution is -0.129. The monoisotopic (exact) mass is 393 g/mol. The molecule has 1 aromatic rings. The highest BCUT2D eigenvalue weighted by Crippen LogP contribution is 2.27. The second-order valence-corrected chi connectivity index (χ2v) is 8.06. The number of carbonyl (C=O) groups is 2. The van der Waals surface area contributed by atoms with Crippen LogP contribution in [0, 0.1) is 5.92 Å². The second-order valence-electron chi connectivity index (χ2n) is 7.63. The van der Waals surface area contributed by atoms with Crippen LogP contribution >= 0.6 is 11.6 Å².